The van der Waals surface area contributed by atoms with Crippen molar-refractivity contribution in [3.63, 3.8) is 0 Å². The number of rotatable bonds is 8. The lowest BCUT2D eigenvalue weighted by Gasteiger charge is -2.10. The van der Waals surface area contributed by atoms with Gasteiger partial charge >= 0.3 is 5.76 Å². The van der Waals surface area contributed by atoms with Crippen molar-refractivity contribution >= 4 is 46.4 Å². The molecule has 10 nitrogen and oxygen atoms in total. The fraction of sp³-hybridized carbons (Fsp3) is 0.250. The second-order valence-electron chi connectivity index (χ2n) is 7.56. The summed E-state index contributed by atoms with van der Waals surface area (Å²) in [4.78, 5) is 29.2. The van der Waals surface area contributed by atoms with Crippen molar-refractivity contribution in [2.45, 2.75) is 26.9 Å². The summed E-state index contributed by atoms with van der Waals surface area (Å²) >= 11 is 6.36. The lowest BCUT2D eigenvalue weighted by molar-refractivity contribution is -0.117. The summed E-state index contributed by atoms with van der Waals surface area (Å²) in [6.07, 6.45) is 3.09. The summed E-state index contributed by atoms with van der Waals surface area (Å²) in [6.45, 7) is 4.47. The minimum absolute atomic E-state index is 0.0238. The van der Waals surface area contributed by atoms with Crippen molar-refractivity contribution in [2.75, 3.05) is 19.5 Å². The molecule has 2 heterocycles. The molecule has 4 rings (SSSR count). The van der Waals surface area contributed by atoms with Crippen molar-refractivity contribution < 1.29 is 18.7 Å². The first-order valence-electron chi connectivity index (χ1n) is 10.8. The molecule has 0 aliphatic heterocycles. The van der Waals surface area contributed by atoms with Gasteiger partial charge in [0.05, 0.1) is 30.3 Å². The summed E-state index contributed by atoms with van der Waals surface area (Å²) in [6, 6.07) is 8.91. The predicted octanol–water partition coefficient (Wildman–Crippen LogP) is 3.99. The highest BCUT2D eigenvalue weighted by atomic mass is 35.5. The van der Waals surface area contributed by atoms with E-state index in [1.165, 1.54) is 20.3 Å². The van der Waals surface area contributed by atoms with E-state index in [2.05, 4.69) is 20.0 Å². The van der Waals surface area contributed by atoms with E-state index in [0.717, 1.165) is 28.1 Å². The van der Waals surface area contributed by atoms with Crippen LogP contribution in [0.5, 0.6) is 11.5 Å². The first kappa shape index (κ1) is 24.1. The average Bonchev–Trinajstić information content (AvgIpc) is 3.34. The first-order chi connectivity index (χ1) is 16.8. The van der Waals surface area contributed by atoms with Crippen LogP contribution in [0.1, 0.15) is 24.2 Å². The Morgan fingerprint density at radius 3 is 2.71 bits per heavy atom. The molecule has 2 aromatic carbocycles. The Bertz CT molecular complexity index is 1480. The number of hydrogen-bond donors (Lipinski definition) is 1. The molecule has 0 saturated carbocycles. The van der Waals surface area contributed by atoms with Gasteiger partial charge in [-0.25, -0.2) is 9.78 Å². The highest BCUT2D eigenvalue weighted by Gasteiger charge is 2.14. The molecule has 35 heavy (non-hydrogen) atoms. The van der Waals surface area contributed by atoms with E-state index < -0.39 is 11.7 Å². The maximum atomic E-state index is 12.5. The van der Waals surface area contributed by atoms with Gasteiger partial charge in [0.15, 0.2) is 11.5 Å². The van der Waals surface area contributed by atoms with Crippen LogP contribution in [0.15, 0.2) is 39.5 Å². The Morgan fingerprint density at radius 2 is 2.00 bits per heavy atom. The molecule has 1 N–H and O–H groups in total. The van der Waals surface area contributed by atoms with Gasteiger partial charge in [0.1, 0.15) is 12.4 Å². The van der Waals surface area contributed by atoms with Crippen LogP contribution in [0.2, 0.25) is 5.02 Å². The molecule has 1 amide bonds. The molecule has 0 fully saturated rings. The largest absolute Gasteiger partial charge is 0.493 e. The number of methoxy groups -OCH3 is 2. The smallest absolute Gasteiger partial charge is 0.437 e. The van der Waals surface area contributed by atoms with E-state index in [1.54, 1.807) is 30.3 Å². The number of aryl methyl sites for hydroxylation is 2. The number of hydrogen-bond acceptors (Lipinski definition) is 7. The average molecular weight is 498 g/mol. The molecule has 4 aromatic rings. The molecule has 0 bridgehead atoms. The molecule has 0 spiro atoms. The first-order valence-corrected chi connectivity index (χ1v) is 11.2. The number of benzene rings is 2. The summed E-state index contributed by atoms with van der Waals surface area (Å²) in [5, 5.41) is 7.16. The fourth-order valence-electron chi connectivity index (χ4n) is 3.75. The van der Waals surface area contributed by atoms with E-state index in [9.17, 15) is 9.59 Å². The number of amides is 1. The molecule has 0 unspecified atom stereocenters. The Kier molecular flexibility index (Phi) is 6.92. The number of halogens is 1. The maximum Gasteiger partial charge on any atom is 0.437 e. The van der Waals surface area contributed by atoms with Gasteiger partial charge in [-0.3, -0.25) is 4.79 Å². The SMILES string of the molecule is CCn1c(C)nc2cc(NC(=O)Cn3nc(/C=C/c4ccc(OC)c(OC)c4Cl)oc3=O)ccc21. The van der Waals surface area contributed by atoms with Gasteiger partial charge in [0, 0.05) is 18.3 Å². The highest BCUT2D eigenvalue weighted by molar-refractivity contribution is 6.34. The van der Waals surface area contributed by atoms with Gasteiger partial charge in [0.2, 0.25) is 11.8 Å². The zero-order chi connectivity index (χ0) is 25.1. The Labute approximate surface area is 205 Å². The minimum Gasteiger partial charge on any atom is -0.493 e. The van der Waals surface area contributed by atoms with Crippen molar-refractivity contribution in [3.8, 4) is 11.5 Å². The standard InChI is InChI=1S/C24H24ClN5O5/c1-5-29-14(2)26-17-12-16(8-9-18(17)29)27-20(31)13-30-24(32)35-21(28-30)11-7-15-6-10-19(33-3)23(34-4)22(15)25/h6-12H,5,13H2,1-4H3,(H,27,31)/b11-7+. The Balaban J connectivity index is 1.47. The summed E-state index contributed by atoms with van der Waals surface area (Å²) < 4.78 is 18.7. The molecule has 0 radical (unpaired) electrons. The van der Waals surface area contributed by atoms with E-state index in [4.69, 9.17) is 25.5 Å². The van der Waals surface area contributed by atoms with Crippen molar-refractivity contribution in [2.24, 2.45) is 0 Å². The third kappa shape index (κ3) is 4.92. The monoisotopic (exact) mass is 497 g/mol. The summed E-state index contributed by atoms with van der Waals surface area (Å²) in [5.74, 6) is 0.612. The minimum atomic E-state index is -0.758. The molecule has 0 saturated heterocycles. The lowest BCUT2D eigenvalue weighted by atomic mass is 10.2. The molecule has 0 aliphatic rings. The third-order valence-electron chi connectivity index (χ3n) is 5.37. The van der Waals surface area contributed by atoms with Crippen LogP contribution >= 0.6 is 11.6 Å². The van der Waals surface area contributed by atoms with Crippen LogP contribution in [0.25, 0.3) is 23.2 Å². The van der Waals surface area contributed by atoms with E-state index in [-0.39, 0.29) is 12.4 Å². The van der Waals surface area contributed by atoms with Crippen LogP contribution < -0.4 is 20.5 Å². The normalized spacial score (nSPS) is 11.3. The van der Waals surface area contributed by atoms with Crippen LogP contribution in [0.4, 0.5) is 5.69 Å². The summed E-state index contributed by atoms with van der Waals surface area (Å²) in [5.41, 5.74) is 2.95. The Morgan fingerprint density at radius 1 is 1.20 bits per heavy atom. The number of aromatic nitrogens is 4. The highest BCUT2D eigenvalue weighted by Crippen LogP contribution is 2.37. The third-order valence-corrected chi connectivity index (χ3v) is 5.76. The Hall–Kier alpha value is -4.05. The molecule has 2 aromatic heterocycles. The molecular weight excluding hydrogens is 474 g/mol. The zero-order valence-electron chi connectivity index (χ0n) is 19.7. The molecule has 0 aliphatic carbocycles. The van der Waals surface area contributed by atoms with Crippen molar-refractivity contribution in [1.82, 2.24) is 19.3 Å². The molecule has 11 heteroatoms. The topological polar surface area (TPSA) is 113 Å². The molecule has 182 valence electrons. The fourth-order valence-corrected chi connectivity index (χ4v) is 4.04. The van der Waals surface area contributed by atoms with Crippen LogP contribution in [-0.4, -0.2) is 39.5 Å². The van der Waals surface area contributed by atoms with E-state index in [0.29, 0.717) is 27.8 Å². The number of nitrogens with one attached hydrogen (secondary N) is 1. The number of carbonyl (C=O) groups excluding carboxylic acids is 1. The molecular formula is C24H24ClN5O5. The number of nitrogens with zero attached hydrogens (tertiary/aromatic N) is 4. The van der Waals surface area contributed by atoms with Crippen LogP contribution in [0, 0.1) is 6.92 Å². The van der Waals surface area contributed by atoms with Gasteiger partial charge in [0.25, 0.3) is 0 Å². The number of imidazole rings is 1. The number of anilines is 1. The molecule has 0 atom stereocenters. The van der Waals surface area contributed by atoms with Gasteiger partial charge in [-0.2, -0.15) is 4.68 Å². The van der Waals surface area contributed by atoms with Crippen molar-refractivity contribution in [1.29, 1.82) is 0 Å². The van der Waals surface area contributed by atoms with Gasteiger partial charge < -0.3 is 23.8 Å². The van der Waals surface area contributed by atoms with Crippen molar-refractivity contribution in [3.05, 3.63) is 63.2 Å². The zero-order valence-corrected chi connectivity index (χ0v) is 20.4. The second kappa shape index (κ2) is 10.1. The quantitative estimate of drug-likeness (QED) is 0.391. The van der Waals surface area contributed by atoms with E-state index in [1.807, 2.05) is 19.9 Å². The number of fused-ring (bicyclic) bond motifs is 1. The van der Waals surface area contributed by atoms with E-state index >= 15 is 0 Å². The maximum absolute atomic E-state index is 12.5. The van der Waals surface area contributed by atoms with Crippen LogP contribution in [0.3, 0.4) is 0 Å². The second-order valence-corrected chi connectivity index (χ2v) is 7.93. The lowest BCUT2D eigenvalue weighted by Crippen LogP contribution is -2.25. The number of carbonyl (C=O) groups is 1. The van der Waals surface area contributed by atoms with Crippen LogP contribution in [-0.2, 0) is 17.9 Å². The van der Waals surface area contributed by atoms with Gasteiger partial charge in [-0.15, -0.1) is 5.10 Å². The number of ether oxygens (including phenoxy) is 2. The van der Waals surface area contributed by atoms with Gasteiger partial charge in [-0.1, -0.05) is 11.6 Å². The summed E-state index contributed by atoms with van der Waals surface area (Å²) in [7, 11) is 3.00. The predicted molar refractivity (Wildman–Crippen MR) is 133 cm³/mol. The van der Waals surface area contributed by atoms with Gasteiger partial charge in [-0.05, 0) is 55.8 Å².